The maximum Gasteiger partial charge on any atom is 0.327 e. The van der Waals surface area contributed by atoms with E-state index in [0.29, 0.717) is 95.1 Å². The van der Waals surface area contributed by atoms with Gasteiger partial charge in [-0.15, -0.1) is 11.8 Å². The molecule has 234 valence electrons. The largest absolute Gasteiger partial charge is 0.504 e. The second kappa shape index (κ2) is 9.76. The van der Waals surface area contributed by atoms with E-state index in [9.17, 15) is 24.6 Å². The number of carbonyl (C=O) groups is 3. The average molecular weight is 640 g/mol. The van der Waals surface area contributed by atoms with Gasteiger partial charge in [0.2, 0.25) is 0 Å². The lowest BCUT2D eigenvalue weighted by atomic mass is 9.77. The number of phenols is 1. The summed E-state index contributed by atoms with van der Waals surface area (Å²) >= 11 is 1.56. The Hall–Kier alpha value is -4.97. The van der Waals surface area contributed by atoms with Gasteiger partial charge in [0, 0.05) is 63.2 Å². The standard InChI is InChI=1S/C34H29N3O8S/c1-11-8-13-18-21-19(28-27(13)36-10-14(37-28)34(41)42)15(39)9-16(43-3)20(21)25-23-22(18)24(17(11)12(2)38)31(44-4)30(40)26(23)29-33(32(25)45-5)46-7-6-35-29/h8-9,14,17,36-37,40H,6-7,10H2,1-5H3,(H,41,42). The third kappa shape index (κ3) is 3.39. The van der Waals surface area contributed by atoms with Gasteiger partial charge in [-0.2, -0.15) is 0 Å². The number of ether oxygens (including phenoxy) is 3. The van der Waals surface area contributed by atoms with E-state index in [2.05, 4.69) is 10.6 Å². The van der Waals surface area contributed by atoms with Crippen LogP contribution in [0.2, 0.25) is 0 Å². The monoisotopic (exact) mass is 639 g/mol. The number of hydrogen-bond acceptors (Lipinski definition) is 11. The van der Waals surface area contributed by atoms with Crippen LogP contribution < -0.4 is 25.5 Å². The van der Waals surface area contributed by atoms with Crippen molar-refractivity contribution in [3.63, 3.8) is 0 Å². The van der Waals surface area contributed by atoms with Gasteiger partial charge in [0.25, 0.3) is 0 Å². The Bertz CT molecular complexity index is 2290. The van der Waals surface area contributed by atoms with Crippen LogP contribution in [0.25, 0.3) is 44.2 Å². The van der Waals surface area contributed by atoms with E-state index in [-0.39, 0.29) is 35.2 Å². The molecule has 12 heteroatoms. The number of aliphatic carboxylic acids is 1. The maximum absolute atomic E-state index is 14.1. The first-order valence-corrected chi connectivity index (χ1v) is 15.8. The van der Waals surface area contributed by atoms with Crippen LogP contribution in [0.3, 0.4) is 0 Å². The highest BCUT2D eigenvalue weighted by atomic mass is 32.2. The summed E-state index contributed by atoms with van der Waals surface area (Å²) in [6.07, 6.45) is 3.32. The summed E-state index contributed by atoms with van der Waals surface area (Å²) in [4.78, 5) is 45.5. The van der Waals surface area contributed by atoms with Crippen molar-refractivity contribution >= 4 is 84.8 Å². The van der Waals surface area contributed by atoms with E-state index < -0.39 is 17.9 Å². The number of thioether (sulfide) groups is 1. The van der Waals surface area contributed by atoms with Gasteiger partial charge in [-0.05, 0) is 19.2 Å². The summed E-state index contributed by atoms with van der Waals surface area (Å²) in [7, 11) is 4.52. The summed E-state index contributed by atoms with van der Waals surface area (Å²) in [6.45, 7) is 3.94. The molecule has 4 N–H and O–H groups in total. The molecule has 11 nitrogen and oxygen atoms in total. The zero-order valence-corrected chi connectivity index (χ0v) is 26.4. The first-order chi connectivity index (χ1) is 22.1. The number of carboxylic acids is 1. The molecule has 0 amide bonds. The molecule has 0 aromatic heterocycles. The number of anilines is 2. The second-order valence-electron chi connectivity index (χ2n) is 11.8. The number of hydrogen-bond donors (Lipinski definition) is 4. The number of benzene rings is 4. The van der Waals surface area contributed by atoms with E-state index >= 15 is 0 Å². The van der Waals surface area contributed by atoms with Gasteiger partial charge in [-0.25, -0.2) is 4.79 Å². The van der Waals surface area contributed by atoms with Gasteiger partial charge in [-0.3, -0.25) is 14.6 Å². The van der Waals surface area contributed by atoms with Crippen molar-refractivity contribution in [2.75, 3.05) is 50.8 Å². The van der Waals surface area contributed by atoms with E-state index in [1.807, 2.05) is 13.0 Å². The van der Waals surface area contributed by atoms with Crippen molar-refractivity contribution in [1.29, 1.82) is 0 Å². The van der Waals surface area contributed by atoms with Crippen LogP contribution in [-0.4, -0.2) is 74.0 Å². The van der Waals surface area contributed by atoms with Gasteiger partial charge < -0.3 is 35.1 Å². The van der Waals surface area contributed by atoms with Crippen molar-refractivity contribution in [2.45, 2.75) is 30.7 Å². The fourth-order valence-electron chi connectivity index (χ4n) is 7.86. The zero-order chi connectivity index (χ0) is 32.3. The van der Waals surface area contributed by atoms with Gasteiger partial charge in [-0.1, -0.05) is 11.6 Å². The number of carboxylic acid groups (broad SMARTS) is 1. The van der Waals surface area contributed by atoms with Crippen LogP contribution in [0, 0.1) is 0 Å². The van der Waals surface area contributed by atoms with Crippen LogP contribution in [0.1, 0.15) is 46.8 Å². The van der Waals surface area contributed by atoms with Crippen LogP contribution in [0.4, 0.5) is 11.4 Å². The van der Waals surface area contributed by atoms with Crippen LogP contribution in [-0.2, 0) is 14.3 Å². The zero-order valence-electron chi connectivity index (χ0n) is 25.6. The van der Waals surface area contributed by atoms with E-state index in [1.165, 1.54) is 27.2 Å². The minimum Gasteiger partial charge on any atom is -0.504 e. The molecule has 2 atom stereocenters. The number of allylic oxidation sites excluding steroid dienone is 2. The average Bonchev–Trinajstić information content (AvgIpc) is 3.17. The highest BCUT2D eigenvalue weighted by molar-refractivity contribution is 7.99. The predicted octanol–water partition coefficient (Wildman–Crippen LogP) is 4.88. The molecule has 4 aromatic rings. The number of phenolic OH excluding ortho intramolecular Hbond substituents is 1. The lowest BCUT2D eigenvalue weighted by molar-refractivity contribution is -0.137. The summed E-state index contributed by atoms with van der Waals surface area (Å²) in [5.74, 6) is -0.874. The number of nitrogens with one attached hydrogen (secondary N) is 2. The molecule has 8 rings (SSSR count). The lowest BCUT2D eigenvalue weighted by Crippen LogP contribution is -2.40. The molecule has 2 unspecified atom stereocenters. The van der Waals surface area contributed by atoms with Crippen LogP contribution in [0.5, 0.6) is 17.2 Å². The molecule has 46 heavy (non-hydrogen) atoms. The molecular formula is C34H29N3O8S. The number of ketones is 2. The topological polar surface area (TPSA) is 156 Å². The van der Waals surface area contributed by atoms with Gasteiger partial charge >= 0.3 is 5.97 Å². The predicted molar refractivity (Wildman–Crippen MR) is 176 cm³/mol. The van der Waals surface area contributed by atoms with Crippen molar-refractivity contribution in [2.24, 2.45) is 4.99 Å². The fraction of sp³-hybridized carbons (Fsp3) is 0.294. The highest BCUT2D eigenvalue weighted by Crippen LogP contribution is 2.59. The Balaban J connectivity index is 1.79. The van der Waals surface area contributed by atoms with E-state index in [0.717, 1.165) is 4.90 Å². The molecule has 0 radical (unpaired) electrons. The van der Waals surface area contributed by atoms with Gasteiger partial charge in [0.15, 0.2) is 17.3 Å². The minimum atomic E-state index is -1.07. The van der Waals surface area contributed by atoms with Crippen LogP contribution in [0.15, 0.2) is 21.5 Å². The van der Waals surface area contributed by atoms with Crippen LogP contribution >= 0.6 is 11.8 Å². The molecule has 0 saturated heterocycles. The highest BCUT2D eigenvalue weighted by Gasteiger charge is 2.41. The minimum absolute atomic E-state index is 0.0652. The third-order valence-electron chi connectivity index (χ3n) is 9.50. The molecule has 2 aliphatic carbocycles. The van der Waals surface area contributed by atoms with Gasteiger partial charge in [0.05, 0.1) is 59.8 Å². The first kappa shape index (κ1) is 28.5. The molecule has 0 saturated carbocycles. The molecule has 0 bridgehead atoms. The molecule has 4 aromatic carbocycles. The maximum atomic E-state index is 14.1. The quantitative estimate of drug-likeness (QED) is 0.174. The normalized spacial score (nSPS) is 19.4. The SMILES string of the molecule is COC1=CC(=O)c2c3c(c4c5c2c1c1c(OC)c2c(c6c(O)c(OC)c(c5c16)C(C(C)=O)C(C)=C4)=NCCS2)NCC(C(=O)O)N3. The number of Topliss-reactive ketones (excluding diaryl/α,β-unsaturated/α-hetero) is 1. The number of methoxy groups -OCH3 is 3. The van der Waals surface area contributed by atoms with Crippen molar-refractivity contribution in [1.82, 2.24) is 0 Å². The summed E-state index contributed by atoms with van der Waals surface area (Å²) in [6, 6.07) is -0.995. The molecule has 0 spiro atoms. The number of fused-ring (bicyclic) bond motifs is 6. The smallest absolute Gasteiger partial charge is 0.327 e. The molecular weight excluding hydrogens is 610 g/mol. The Labute approximate surface area is 266 Å². The Morgan fingerprint density at radius 3 is 2.39 bits per heavy atom. The van der Waals surface area contributed by atoms with Crippen molar-refractivity contribution in [3.05, 3.63) is 39.3 Å². The second-order valence-corrected chi connectivity index (χ2v) is 12.9. The van der Waals surface area contributed by atoms with Crippen molar-refractivity contribution in [3.8, 4) is 17.2 Å². The lowest BCUT2D eigenvalue weighted by Gasteiger charge is -2.33. The fourth-order valence-corrected chi connectivity index (χ4v) is 8.87. The number of aromatic hydroxyl groups is 1. The number of rotatable bonds is 5. The van der Waals surface area contributed by atoms with E-state index in [1.54, 1.807) is 18.9 Å². The third-order valence-corrected chi connectivity index (χ3v) is 10.6. The Morgan fingerprint density at radius 2 is 1.72 bits per heavy atom. The summed E-state index contributed by atoms with van der Waals surface area (Å²) in [5, 5.41) is 32.5. The molecule has 2 aliphatic heterocycles. The molecule has 0 fully saturated rings. The summed E-state index contributed by atoms with van der Waals surface area (Å²) in [5.41, 5.74) is 3.61. The van der Waals surface area contributed by atoms with E-state index in [4.69, 9.17) is 19.2 Å². The van der Waals surface area contributed by atoms with Crippen molar-refractivity contribution < 1.29 is 38.8 Å². The first-order valence-electron chi connectivity index (χ1n) is 14.8. The number of carbonyl (C=O) groups excluding carboxylic acids is 2. The number of nitrogens with zero attached hydrogens (tertiary/aromatic N) is 1. The Morgan fingerprint density at radius 1 is 0.957 bits per heavy atom. The van der Waals surface area contributed by atoms with Gasteiger partial charge in [0.1, 0.15) is 23.3 Å². The Kier molecular flexibility index (Phi) is 6.05. The molecule has 4 aliphatic rings. The summed E-state index contributed by atoms with van der Waals surface area (Å²) < 4.78 is 18.0. The molecule has 2 heterocycles.